The average molecular weight is 375 g/mol. The fraction of sp³-hybridized carbons (Fsp3) is 0. The van der Waals surface area contributed by atoms with Crippen LogP contribution in [-0.2, 0) is 0 Å². The van der Waals surface area contributed by atoms with Gasteiger partial charge in [-0.2, -0.15) is 5.10 Å². The molecule has 0 aliphatic carbocycles. The molecule has 0 fully saturated rings. The summed E-state index contributed by atoms with van der Waals surface area (Å²) in [6, 6.07) is 22.0. The molecule has 6 heteroatoms. The number of rotatable bonds is 4. The molecule has 0 radical (unpaired) electrons. The smallest absolute Gasteiger partial charge is 0.165 e. The molecule has 0 saturated carbocycles. The summed E-state index contributed by atoms with van der Waals surface area (Å²) < 4.78 is 0. The van der Waals surface area contributed by atoms with Crippen LogP contribution < -0.4 is 5.43 Å². The van der Waals surface area contributed by atoms with Crippen LogP contribution in [0.1, 0.15) is 5.56 Å². The Morgan fingerprint density at radius 2 is 1.63 bits per heavy atom. The van der Waals surface area contributed by atoms with Crippen LogP contribution in [0.3, 0.4) is 0 Å². The minimum absolute atomic E-state index is 0.123. The summed E-state index contributed by atoms with van der Waals surface area (Å²) in [6.07, 6.45) is 1.64. The second-order valence-electron chi connectivity index (χ2n) is 5.82. The van der Waals surface area contributed by atoms with Crippen LogP contribution in [0.2, 0.25) is 5.02 Å². The zero-order valence-electron chi connectivity index (χ0n) is 14.2. The van der Waals surface area contributed by atoms with Crippen molar-refractivity contribution in [2.24, 2.45) is 5.10 Å². The molecule has 0 unspecified atom stereocenters. The lowest BCUT2D eigenvalue weighted by Gasteiger charge is -2.09. The molecule has 2 N–H and O–H groups in total. The van der Waals surface area contributed by atoms with E-state index in [9.17, 15) is 5.11 Å². The topological polar surface area (TPSA) is 70.4 Å². The third-order valence-electron chi connectivity index (χ3n) is 4.03. The molecule has 1 aromatic heterocycles. The Morgan fingerprint density at radius 1 is 0.889 bits per heavy atom. The average Bonchev–Trinajstić information content (AvgIpc) is 2.69. The lowest BCUT2D eigenvalue weighted by molar-refractivity contribution is 0.477. The summed E-state index contributed by atoms with van der Waals surface area (Å²) in [7, 11) is 0. The Bertz CT molecular complexity index is 1140. The number of phenolic OH excluding ortho intramolecular Hbond substituents is 1. The van der Waals surface area contributed by atoms with Gasteiger partial charge < -0.3 is 5.11 Å². The van der Waals surface area contributed by atoms with Crippen LogP contribution in [0.5, 0.6) is 5.75 Å². The van der Waals surface area contributed by atoms with Gasteiger partial charge in [-0.25, -0.2) is 9.97 Å². The van der Waals surface area contributed by atoms with E-state index in [1.165, 1.54) is 0 Å². The molecule has 4 rings (SSSR count). The van der Waals surface area contributed by atoms with E-state index in [1.54, 1.807) is 30.5 Å². The molecular weight excluding hydrogens is 360 g/mol. The molecule has 132 valence electrons. The van der Waals surface area contributed by atoms with Crippen molar-refractivity contribution in [3.8, 4) is 17.1 Å². The first-order valence-corrected chi connectivity index (χ1v) is 8.69. The Morgan fingerprint density at radius 3 is 2.48 bits per heavy atom. The fourth-order valence-corrected chi connectivity index (χ4v) is 2.87. The van der Waals surface area contributed by atoms with Crippen LogP contribution in [0, 0.1) is 0 Å². The van der Waals surface area contributed by atoms with Gasteiger partial charge in [0.25, 0.3) is 0 Å². The van der Waals surface area contributed by atoms with Gasteiger partial charge in [0.2, 0.25) is 0 Å². The van der Waals surface area contributed by atoms with Crippen molar-refractivity contribution in [2.45, 2.75) is 0 Å². The lowest BCUT2D eigenvalue weighted by Crippen LogP contribution is -1.99. The van der Waals surface area contributed by atoms with E-state index in [-0.39, 0.29) is 5.75 Å². The second-order valence-corrected chi connectivity index (χ2v) is 6.23. The molecule has 0 amide bonds. The van der Waals surface area contributed by atoms with Crippen molar-refractivity contribution >= 4 is 34.5 Å². The maximum atomic E-state index is 10.1. The van der Waals surface area contributed by atoms with Crippen molar-refractivity contribution in [1.82, 2.24) is 9.97 Å². The summed E-state index contributed by atoms with van der Waals surface area (Å²) >= 11 is 6.15. The molecule has 0 aliphatic rings. The third-order valence-corrected chi connectivity index (χ3v) is 4.37. The largest absolute Gasteiger partial charge is 0.507 e. The van der Waals surface area contributed by atoms with Crippen LogP contribution in [0.25, 0.3) is 22.3 Å². The number of hydrogen-bond acceptors (Lipinski definition) is 5. The quantitative estimate of drug-likeness (QED) is 0.385. The van der Waals surface area contributed by atoms with Gasteiger partial charge in [0.05, 0.1) is 17.3 Å². The predicted molar refractivity (Wildman–Crippen MR) is 109 cm³/mol. The highest BCUT2D eigenvalue weighted by atomic mass is 35.5. The lowest BCUT2D eigenvalue weighted by atomic mass is 10.1. The maximum Gasteiger partial charge on any atom is 0.165 e. The number of benzene rings is 3. The number of halogens is 1. The monoisotopic (exact) mass is 374 g/mol. The number of para-hydroxylation sites is 2. The summed E-state index contributed by atoms with van der Waals surface area (Å²) in [5.41, 5.74) is 5.08. The Kier molecular flexibility index (Phi) is 4.68. The number of aromatic hydroxyl groups is 1. The van der Waals surface area contributed by atoms with Gasteiger partial charge >= 0.3 is 0 Å². The molecule has 4 aromatic rings. The minimum Gasteiger partial charge on any atom is -0.507 e. The predicted octanol–water partition coefficient (Wildman–Crippen LogP) is 5.10. The maximum absolute atomic E-state index is 10.1. The van der Waals surface area contributed by atoms with E-state index >= 15 is 0 Å². The van der Waals surface area contributed by atoms with Crippen molar-refractivity contribution in [3.05, 3.63) is 83.4 Å². The minimum atomic E-state index is 0.123. The standard InChI is InChI=1S/C21H15ClN4O/c22-17-10-4-1-7-14(17)13-23-26-21-15-8-2-5-11-18(15)24-20(25-21)16-9-3-6-12-19(16)27/h1-13,27H,(H,24,25,26)/b23-13+. The molecule has 0 saturated heterocycles. The molecule has 0 bridgehead atoms. The highest BCUT2D eigenvalue weighted by Gasteiger charge is 2.11. The summed E-state index contributed by atoms with van der Waals surface area (Å²) in [6.45, 7) is 0. The number of hydrazone groups is 1. The second kappa shape index (κ2) is 7.43. The van der Waals surface area contributed by atoms with Gasteiger partial charge in [-0.1, -0.05) is 54.1 Å². The fourth-order valence-electron chi connectivity index (χ4n) is 2.69. The summed E-state index contributed by atoms with van der Waals surface area (Å²) in [5.74, 6) is 1.09. The first-order chi connectivity index (χ1) is 13.2. The van der Waals surface area contributed by atoms with Crippen molar-refractivity contribution in [3.63, 3.8) is 0 Å². The molecular formula is C21H15ClN4O. The molecule has 0 atom stereocenters. The zero-order valence-corrected chi connectivity index (χ0v) is 14.9. The number of fused-ring (bicyclic) bond motifs is 1. The number of aromatic nitrogens is 2. The molecule has 0 spiro atoms. The van der Waals surface area contributed by atoms with E-state index in [2.05, 4.69) is 20.5 Å². The first kappa shape index (κ1) is 17.0. The molecule has 5 nitrogen and oxygen atoms in total. The Labute approximate surface area is 161 Å². The number of nitrogens with zero attached hydrogens (tertiary/aromatic N) is 3. The normalized spacial score (nSPS) is 11.1. The number of anilines is 1. The highest BCUT2D eigenvalue weighted by Crippen LogP contribution is 2.29. The van der Waals surface area contributed by atoms with Crippen LogP contribution in [-0.4, -0.2) is 21.3 Å². The van der Waals surface area contributed by atoms with Gasteiger partial charge in [0.1, 0.15) is 5.75 Å². The number of hydrogen-bond donors (Lipinski definition) is 2. The van der Waals surface area contributed by atoms with E-state index in [0.29, 0.717) is 22.2 Å². The first-order valence-electron chi connectivity index (χ1n) is 8.31. The van der Waals surface area contributed by atoms with E-state index < -0.39 is 0 Å². The van der Waals surface area contributed by atoms with E-state index in [4.69, 9.17) is 11.6 Å². The van der Waals surface area contributed by atoms with Gasteiger partial charge in [0.15, 0.2) is 11.6 Å². The molecule has 3 aromatic carbocycles. The Hall–Kier alpha value is -3.44. The molecule has 27 heavy (non-hydrogen) atoms. The van der Waals surface area contributed by atoms with Crippen molar-refractivity contribution < 1.29 is 5.11 Å². The van der Waals surface area contributed by atoms with Crippen LogP contribution >= 0.6 is 11.6 Å². The highest BCUT2D eigenvalue weighted by molar-refractivity contribution is 6.33. The van der Waals surface area contributed by atoms with Gasteiger partial charge in [-0.05, 0) is 30.3 Å². The summed E-state index contributed by atoms with van der Waals surface area (Å²) in [4.78, 5) is 9.12. The van der Waals surface area contributed by atoms with Crippen LogP contribution in [0.4, 0.5) is 5.82 Å². The van der Waals surface area contributed by atoms with Gasteiger partial charge in [-0.15, -0.1) is 0 Å². The van der Waals surface area contributed by atoms with E-state index in [1.807, 2.05) is 48.5 Å². The molecule has 1 heterocycles. The zero-order chi connectivity index (χ0) is 18.6. The van der Waals surface area contributed by atoms with Crippen molar-refractivity contribution in [1.29, 1.82) is 0 Å². The summed E-state index contributed by atoms with van der Waals surface area (Å²) in [5, 5.41) is 15.8. The van der Waals surface area contributed by atoms with Gasteiger partial charge in [0, 0.05) is 16.0 Å². The third kappa shape index (κ3) is 3.59. The SMILES string of the molecule is Oc1ccccc1-c1nc(N/N=C/c2ccccc2Cl)c2ccccc2n1. The van der Waals surface area contributed by atoms with E-state index in [0.717, 1.165) is 16.5 Å². The Balaban J connectivity index is 1.75. The van der Waals surface area contributed by atoms with Gasteiger partial charge in [-0.3, -0.25) is 5.43 Å². The number of nitrogens with one attached hydrogen (secondary N) is 1. The number of phenols is 1. The molecule has 0 aliphatic heterocycles. The van der Waals surface area contributed by atoms with Crippen molar-refractivity contribution in [2.75, 3.05) is 5.43 Å². The van der Waals surface area contributed by atoms with Crippen LogP contribution in [0.15, 0.2) is 77.9 Å².